The van der Waals surface area contributed by atoms with Crippen LogP contribution in [0.3, 0.4) is 0 Å². The predicted octanol–water partition coefficient (Wildman–Crippen LogP) is 11.7. The van der Waals surface area contributed by atoms with Crippen LogP contribution in [0.25, 0.3) is 55.7 Å². The van der Waals surface area contributed by atoms with E-state index in [2.05, 4.69) is 33.2 Å². The summed E-state index contributed by atoms with van der Waals surface area (Å²) in [5.41, 5.74) is -0.997. The van der Waals surface area contributed by atoms with Gasteiger partial charge in [0.25, 0.3) is 0 Å². The van der Waals surface area contributed by atoms with Gasteiger partial charge in [0.05, 0.1) is 18.6 Å². The maximum atomic E-state index is 9.77. The normalized spacial score (nSPS) is 16.7. The van der Waals surface area contributed by atoms with Crippen LogP contribution in [0.5, 0.6) is 0 Å². The van der Waals surface area contributed by atoms with E-state index >= 15 is 0 Å². The van der Waals surface area contributed by atoms with Gasteiger partial charge in [0.15, 0.2) is 0 Å². The van der Waals surface area contributed by atoms with Crippen LogP contribution >= 0.6 is 0 Å². The zero-order valence-electron chi connectivity index (χ0n) is 46.8. The third-order valence-electron chi connectivity index (χ3n) is 9.10. The molecule has 9 rings (SSSR count). The molecule has 0 aliphatic rings. The Morgan fingerprint density at radius 2 is 1.14 bits per heavy atom. The molecule has 0 fully saturated rings. The number of benzene rings is 5. The zero-order valence-corrected chi connectivity index (χ0v) is 33.2. The van der Waals surface area contributed by atoms with E-state index in [4.69, 9.17) is 9.90 Å². The van der Waals surface area contributed by atoms with E-state index in [0.29, 0.717) is 27.9 Å². The molecule has 0 saturated carbocycles. The van der Waals surface area contributed by atoms with Crippen molar-refractivity contribution < 1.29 is 46.5 Å². The predicted molar refractivity (Wildman–Crippen MR) is 231 cm³/mol. The Morgan fingerprint density at radius 1 is 0.610 bits per heavy atom. The van der Waals surface area contributed by atoms with Crippen molar-refractivity contribution in [3.63, 3.8) is 0 Å². The van der Waals surface area contributed by atoms with Gasteiger partial charge in [-0.1, -0.05) is 65.5 Å². The van der Waals surface area contributed by atoms with Gasteiger partial charge in [-0.15, -0.1) is 90.0 Å². The molecule has 4 heterocycles. The summed E-state index contributed by atoms with van der Waals surface area (Å²) >= 11 is 0. The number of furan rings is 1. The standard InChI is InChI=1S/C53H39N4O.Ir/c1-36-27-48-46-13-8-14-47(53(46)58-52(48)31-45(36)32-54)51-26-23-39(35-57-51)17-20-42-29-40(18-15-37-21-24-49(55-33-37)43-9-4-2-5-10-43)28-41(30-42)19-16-38-22-25-50(56-34-38)44-11-6-3-7-12-44;/h2-9,11,13,21-31,33-35H,15-20H2,1H3;/q-3;+3/i1D3,15D2,16D2,17D2,18D2,19D2,20D2,31D;. The van der Waals surface area contributed by atoms with Gasteiger partial charge in [-0.05, 0) is 113 Å². The van der Waals surface area contributed by atoms with Crippen LogP contribution in [0.2, 0.25) is 0 Å². The fourth-order valence-electron chi connectivity index (χ4n) is 6.25. The minimum Gasteiger partial charge on any atom is -0.501 e. The van der Waals surface area contributed by atoms with Crippen molar-refractivity contribution in [2.75, 3.05) is 0 Å². The van der Waals surface area contributed by atoms with Gasteiger partial charge in [-0.3, -0.25) is 0 Å². The second kappa shape index (κ2) is 18.0. The summed E-state index contributed by atoms with van der Waals surface area (Å²) in [5, 5.41) is 10.4. The Hall–Kier alpha value is -6.51. The van der Waals surface area contributed by atoms with Crippen LogP contribution in [0.4, 0.5) is 0 Å². The molecule has 0 atom stereocenters. The summed E-state index contributed by atoms with van der Waals surface area (Å²) < 4.78 is 151. The molecule has 0 N–H and O–H groups in total. The molecule has 0 spiro atoms. The van der Waals surface area contributed by atoms with Crippen LogP contribution < -0.4 is 0 Å². The van der Waals surface area contributed by atoms with E-state index in [1.807, 2.05) is 0 Å². The molecule has 0 aliphatic heterocycles. The van der Waals surface area contributed by atoms with Crippen molar-refractivity contribution in [2.45, 2.75) is 45.1 Å². The summed E-state index contributed by atoms with van der Waals surface area (Å²) in [6.07, 6.45) is -15.1. The first kappa shape index (κ1) is 24.4. The maximum absolute atomic E-state index is 9.77. The summed E-state index contributed by atoms with van der Waals surface area (Å²) in [6, 6.07) is 39.6. The van der Waals surface area contributed by atoms with E-state index < -0.39 is 67.8 Å². The molecule has 286 valence electrons. The second-order valence-corrected chi connectivity index (χ2v) is 13.0. The minimum absolute atomic E-state index is 0. The summed E-state index contributed by atoms with van der Waals surface area (Å²) in [6.45, 7) is -2.72. The Bertz CT molecular complexity index is 3500. The molecule has 59 heavy (non-hydrogen) atoms. The Morgan fingerprint density at radius 3 is 1.59 bits per heavy atom. The first-order chi connectivity index (χ1) is 34.7. The van der Waals surface area contributed by atoms with Crippen molar-refractivity contribution >= 4 is 21.9 Å². The Labute approximate surface area is 381 Å². The number of hydrogen-bond donors (Lipinski definition) is 0. The molecule has 0 radical (unpaired) electrons. The third kappa shape index (κ3) is 8.98. The number of nitrogens with zero attached hydrogens (tertiary/aromatic N) is 4. The molecule has 0 unspecified atom stereocenters. The largest absolute Gasteiger partial charge is 3.00 e. The SMILES string of the molecule is [2H]c1c(C#N)c(C([2H])([2H])[2H])cc2c1oc1c(-c3ccc(C([2H])([2H])C([2H])([2H])c4cc(C([2H])([2H])C([2H])([2H])c5ccc(-c6[c-]cccc6)nc5)cc(C([2H])([2H])C([2H])([2H])c5ccc(-c6[c-]cccc6)nc5)c4)cn3)[c-]ccc12.[Ir+3]. The molecule has 0 saturated heterocycles. The number of rotatable bonds is 12. The number of pyridine rings is 3. The van der Waals surface area contributed by atoms with Gasteiger partial charge in [-0.2, -0.15) is 5.26 Å². The average molecular weight is 956 g/mol. The van der Waals surface area contributed by atoms with Crippen molar-refractivity contribution in [2.24, 2.45) is 0 Å². The second-order valence-electron chi connectivity index (χ2n) is 13.0. The summed E-state index contributed by atoms with van der Waals surface area (Å²) in [5.74, 6) is 0. The van der Waals surface area contributed by atoms with Gasteiger partial charge >= 0.3 is 20.1 Å². The number of nitriles is 1. The summed E-state index contributed by atoms with van der Waals surface area (Å²) in [4.78, 5) is 13.1. The number of aromatic nitrogens is 3. The quantitative estimate of drug-likeness (QED) is 0.114. The zero-order chi connectivity index (χ0) is 53.4. The monoisotopic (exact) mass is 956 g/mol. The van der Waals surface area contributed by atoms with Gasteiger partial charge < -0.3 is 19.4 Å². The van der Waals surface area contributed by atoms with Crippen LogP contribution in [0.15, 0.2) is 150 Å². The van der Waals surface area contributed by atoms with E-state index in [9.17, 15) is 21.7 Å². The van der Waals surface area contributed by atoms with E-state index in [0.717, 1.165) is 36.8 Å². The van der Waals surface area contributed by atoms with Crippen LogP contribution in [-0.4, -0.2) is 15.0 Å². The van der Waals surface area contributed by atoms with Crippen LogP contribution in [0, 0.1) is 36.4 Å². The maximum Gasteiger partial charge on any atom is 3.00 e. The molecule has 9 aromatic rings. The fourth-order valence-corrected chi connectivity index (χ4v) is 6.25. The molecule has 0 aliphatic carbocycles. The van der Waals surface area contributed by atoms with Gasteiger partial charge in [0.1, 0.15) is 5.58 Å². The topological polar surface area (TPSA) is 75.6 Å². The van der Waals surface area contributed by atoms with E-state index in [-0.39, 0.29) is 75.7 Å². The molecular weight excluding hydrogens is 901 g/mol. The number of aryl methyl sites for hydroxylation is 7. The van der Waals surface area contributed by atoms with E-state index in [1.165, 1.54) is 48.5 Å². The van der Waals surface area contributed by atoms with Gasteiger partial charge in [0, 0.05) is 44.5 Å². The molecule has 6 heteroatoms. The molecule has 4 aromatic heterocycles. The van der Waals surface area contributed by atoms with E-state index in [1.54, 1.807) is 60.7 Å². The van der Waals surface area contributed by atoms with Crippen LogP contribution in [-0.2, 0) is 58.3 Å². The Balaban J connectivity index is 0.00000747. The molecule has 0 bridgehead atoms. The average Bonchev–Trinajstić information content (AvgIpc) is 3.78. The Kier molecular flexibility index (Phi) is 7.43. The first-order valence-electron chi connectivity index (χ1n) is 26.1. The molecular formula is C53H39IrN4O. The van der Waals surface area contributed by atoms with Gasteiger partial charge in [0.2, 0.25) is 0 Å². The third-order valence-corrected chi connectivity index (χ3v) is 9.10. The molecule has 0 amide bonds. The first-order valence-corrected chi connectivity index (χ1v) is 18.1. The minimum atomic E-state index is -3.20. The fraction of sp³-hybridized carbons (Fsp3) is 0.132. The molecule has 5 aromatic carbocycles. The number of fused-ring (bicyclic) bond motifs is 3. The van der Waals surface area contributed by atoms with Crippen molar-refractivity contribution in [1.29, 1.82) is 5.26 Å². The number of hydrogen-bond acceptors (Lipinski definition) is 5. The smallest absolute Gasteiger partial charge is 0.501 e. The van der Waals surface area contributed by atoms with Crippen molar-refractivity contribution in [3.8, 4) is 39.8 Å². The summed E-state index contributed by atoms with van der Waals surface area (Å²) in [7, 11) is 0. The van der Waals surface area contributed by atoms with Crippen molar-refractivity contribution in [1.82, 2.24) is 15.0 Å². The molecule has 5 nitrogen and oxygen atoms in total. The van der Waals surface area contributed by atoms with Crippen LogP contribution in [0.1, 0.15) is 66.4 Å². The van der Waals surface area contributed by atoms with Gasteiger partial charge in [-0.25, -0.2) is 0 Å². The van der Waals surface area contributed by atoms with Crippen molar-refractivity contribution in [3.05, 3.63) is 209 Å².